The summed E-state index contributed by atoms with van der Waals surface area (Å²) in [6.07, 6.45) is 0. The average molecular weight is 184 g/mol. The Morgan fingerprint density at radius 1 is 0.857 bits per heavy atom. The Bertz CT molecular complexity index is 453. The van der Waals surface area contributed by atoms with Crippen molar-refractivity contribution in [2.75, 3.05) is 0 Å². The molecule has 0 spiro atoms. The van der Waals surface area contributed by atoms with Gasteiger partial charge in [-0.15, -0.1) is 0 Å². The van der Waals surface area contributed by atoms with Crippen LogP contribution in [0, 0.1) is 0 Å². The molecule has 0 amide bonds. The summed E-state index contributed by atoms with van der Waals surface area (Å²) in [6.45, 7) is 0. The highest BCUT2D eigenvalue weighted by Crippen LogP contribution is 2.08. The Kier molecular flexibility index (Phi) is 1.81. The van der Waals surface area contributed by atoms with Crippen LogP contribution in [0.25, 0.3) is 0 Å². The SMILES string of the molecule is [2H]c1ccc(C(=O)c2ccc([2H])cc2)cc1. The lowest BCUT2D eigenvalue weighted by Gasteiger charge is -1.99. The van der Waals surface area contributed by atoms with Crippen molar-refractivity contribution in [3.05, 3.63) is 71.7 Å². The first-order valence-electron chi connectivity index (χ1n) is 5.35. The Hall–Kier alpha value is -1.89. The molecule has 0 radical (unpaired) electrons. The maximum atomic E-state index is 11.9. The molecule has 2 aromatic carbocycles. The van der Waals surface area contributed by atoms with Crippen molar-refractivity contribution in [1.29, 1.82) is 0 Å². The van der Waals surface area contributed by atoms with E-state index in [1.165, 1.54) is 0 Å². The largest absolute Gasteiger partial charge is 0.289 e. The monoisotopic (exact) mass is 184 g/mol. The molecular formula is C13H10O. The molecule has 0 N–H and O–H groups in total. The van der Waals surface area contributed by atoms with Gasteiger partial charge in [-0.2, -0.15) is 0 Å². The fraction of sp³-hybridized carbons (Fsp3) is 0. The lowest BCUT2D eigenvalue weighted by Crippen LogP contribution is -1.99. The van der Waals surface area contributed by atoms with E-state index >= 15 is 0 Å². The summed E-state index contributed by atoms with van der Waals surface area (Å²) in [7, 11) is 0. The zero-order valence-electron chi connectivity index (χ0n) is 9.53. The first-order chi connectivity index (χ1) is 7.66. The Morgan fingerprint density at radius 3 is 1.57 bits per heavy atom. The van der Waals surface area contributed by atoms with E-state index < -0.39 is 0 Å². The van der Waals surface area contributed by atoms with Crippen molar-refractivity contribution in [3.63, 3.8) is 0 Å². The minimum atomic E-state index is -0.0833. The number of ketones is 1. The van der Waals surface area contributed by atoms with Crippen molar-refractivity contribution in [2.45, 2.75) is 0 Å². The van der Waals surface area contributed by atoms with E-state index in [2.05, 4.69) is 0 Å². The van der Waals surface area contributed by atoms with Crippen molar-refractivity contribution in [3.8, 4) is 0 Å². The van der Waals surface area contributed by atoms with Crippen molar-refractivity contribution in [1.82, 2.24) is 0 Å². The topological polar surface area (TPSA) is 17.1 Å². The molecule has 0 fully saturated rings. The molecule has 0 saturated carbocycles. The minimum absolute atomic E-state index is 0.0833. The molecule has 0 atom stereocenters. The fourth-order valence-electron chi connectivity index (χ4n) is 1.24. The molecule has 0 aliphatic carbocycles. The normalized spacial score (nSPS) is 11.7. The van der Waals surface area contributed by atoms with Gasteiger partial charge in [0.2, 0.25) is 0 Å². The maximum absolute atomic E-state index is 11.9. The second-order valence-corrected chi connectivity index (χ2v) is 2.91. The Balaban J connectivity index is 2.32. The predicted molar refractivity (Wildman–Crippen MR) is 56.3 cm³/mol. The number of hydrogen-bond acceptors (Lipinski definition) is 1. The second-order valence-electron chi connectivity index (χ2n) is 2.91. The predicted octanol–water partition coefficient (Wildman–Crippen LogP) is 2.92. The van der Waals surface area contributed by atoms with Gasteiger partial charge < -0.3 is 0 Å². The van der Waals surface area contributed by atoms with Crippen LogP contribution in [0.4, 0.5) is 0 Å². The molecule has 2 rings (SSSR count). The van der Waals surface area contributed by atoms with Crippen LogP contribution in [0.15, 0.2) is 60.6 Å². The van der Waals surface area contributed by atoms with Crippen LogP contribution in [-0.4, -0.2) is 5.78 Å². The third-order valence-corrected chi connectivity index (χ3v) is 1.96. The van der Waals surface area contributed by atoms with E-state index in [1.807, 2.05) is 0 Å². The smallest absolute Gasteiger partial charge is 0.193 e. The van der Waals surface area contributed by atoms with Gasteiger partial charge in [-0.05, 0) is 0 Å². The molecule has 0 bridgehead atoms. The van der Waals surface area contributed by atoms with Crippen molar-refractivity contribution in [2.24, 2.45) is 0 Å². The van der Waals surface area contributed by atoms with E-state index in [0.29, 0.717) is 23.2 Å². The van der Waals surface area contributed by atoms with Gasteiger partial charge in [0.05, 0.1) is 2.74 Å². The molecule has 0 saturated heterocycles. The van der Waals surface area contributed by atoms with Crippen LogP contribution in [0.2, 0.25) is 0 Å². The van der Waals surface area contributed by atoms with Crippen LogP contribution in [0.3, 0.4) is 0 Å². The Morgan fingerprint density at radius 2 is 1.21 bits per heavy atom. The lowest BCUT2D eigenvalue weighted by molar-refractivity contribution is 0.103. The van der Waals surface area contributed by atoms with Crippen molar-refractivity contribution >= 4 is 5.78 Å². The van der Waals surface area contributed by atoms with Crippen LogP contribution in [0.5, 0.6) is 0 Å². The molecule has 0 unspecified atom stereocenters. The van der Waals surface area contributed by atoms with Gasteiger partial charge in [0.15, 0.2) is 5.78 Å². The van der Waals surface area contributed by atoms with Gasteiger partial charge in [-0.25, -0.2) is 0 Å². The third-order valence-electron chi connectivity index (χ3n) is 1.96. The van der Waals surface area contributed by atoms with E-state index in [9.17, 15) is 4.79 Å². The zero-order chi connectivity index (χ0) is 11.5. The second kappa shape index (κ2) is 3.88. The fourth-order valence-corrected chi connectivity index (χ4v) is 1.24. The summed E-state index contributed by atoms with van der Waals surface area (Å²) in [5.41, 5.74) is 1.13. The maximum Gasteiger partial charge on any atom is 0.193 e. The highest BCUT2D eigenvalue weighted by atomic mass is 16.1. The van der Waals surface area contributed by atoms with E-state index in [0.717, 1.165) is 0 Å². The third kappa shape index (κ3) is 1.72. The van der Waals surface area contributed by atoms with Gasteiger partial charge in [-0.1, -0.05) is 60.6 Å². The van der Waals surface area contributed by atoms with E-state index in [1.54, 1.807) is 48.5 Å². The quantitative estimate of drug-likeness (QED) is 0.656. The van der Waals surface area contributed by atoms with Crippen LogP contribution >= 0.6 is 0 Å². The lowest BCUT2D eigenvalue weighted by atomic mass is 10.0. The standard InChI is InChI=1S/C13H10O/c14-13(11-7-3-1-4-8-11)12-9-5-2-6-10-12/h1-10H/i1D,2D. The van der Waals surface area contributed by atoms with Gasteiger partial charge >= 0.3 is 0 Å². The molecule has 0 aliphatic heterocycles. The molecular weight excluding hydrogens is 172 g/mol. The molecule has 68 valence electrons. The van der Waals surface area contributed by atoms with Gasteiger partial charge in [0.1, 0.15) is 0 Å². The van der Waals surface area contributed by atoms with Gasteiger partial charge in [0.25, 0.3) is 0 Å². The number of carbonyl (C=O) groups excluding carboxylic acids is 1. The summed E-state index contributed by atoms with van der Waals surface area (Å²) in [5, 5.41) is 0. The zero-order valence-corrected chi connectivity index (χ0v) is 7.53. The van der Waals surface area contributed by atoms with E-state index in [-0.39, 0.29) is 5.78 Å². The molecule has 1 heteroatoms. The number of carbonyl (C=O) groups is 1. The highest BCUT2D eigenvalue weighted by molar-refractivity contribution is 6.08. The summed E-state index contributed by atoms with van der Waals surface area (Å²) in [6, 6.07) is 13.7. The number of hydrogen-bond donors (Lipinski definition) is 0. The molecule has 1 nitrogen and oxygen atoms in total. The summed E-state index contributed by atoms with van der Waals surface area (Å²) in [4.78, 5) is 11.9. The molecule has 0 heterocycles. The van der Waals surface area contributed by atoms with Crippen LogP contribution < -0.4 is 0 Å². The first kappa shape index (κ1) is 6.55. The van der Waals surface area contributed by atoms with Crippen LogP contribution in [0.1, 0.15) is 18.7 Å². The summed E-state index contributed by atoms with van der Waals surface area (Å²) < 4.78 is 14.7. The summed E-state index contributed by atoms with van der Waals surface area (Å²) in [5.74, 6) is -0.0833. The average Bonchev–Trinajstić information content (AvgIpc) is 2.30. The van der Waals surface area contributed by atoms with Crippen molar-refractivity contribution < 1.29 is 7.54 Å². The Labute approximate surface area is 85.8 Å². The minimum Gasteiger partial charge on any atom is -0.289 e. The molecule has 0 aromatic heterocycles. The molecule has 2 aromatic rings. The number of rotatable bonds is 2. The van der Waals surface area contributed by atoms with E-state index in [4.69, 9.17) is 2.74 Å². The highest BCUT2D eigenvalue weighted by Gasteiger charge is 2.06. The van der Waals surface area contributed by atoms with Crippen LogP contribution in [-0.2, 0) is 0 Å². The number of benzene rings is 2. The van der Waals surface area contributed by atoms with Gasteiger partial charge in [0, 0.05) is 11.1 Å². The molecule has 0 aliphatic rings. The first-order valence-corrected chi connectivity index (χ1v) is 4.35. The van der Waals surface area contributed by atoms with Gasteiger partial charge in [-0.3, -0.25) is 4.79 Å². The summed E-state index contributed by atoms with van der Waals surface area (Å²) >= 11 is 0. The molecule has 14 heavy (non-hydrogen) atoms.